The number of carbonyl (C=O) groups excluding carboxylic acids is 1. The molecule has 21 heavy (non-hydrogen) atoms. The van der Waals surface area contributed by atoms with Crippen molar-refractivity contribution >= 4 is 23.6 Å². The van der Waals surface area contributed by atoms with Gasteiger partial charge in [0, 0.05) is 18.5 Å². The Morgan fingerprint density at radius 3 is 2.57 bits per heavy atom. The highest BCUT2D eigenvalue weighted by Gasteiger charge is 2.09. The van der Waals surface area contributed by atoms with Crippen LogP contribution >= 0.6 is 0 Å². The number of halogens is 1. The summed E-state index contributed by atoms with van der Waals surface area (Å²) in [7, 11) is 0. The van der Waals surface area contributed by atoms with E-state index in [1.165, 1.54) is 12.2 Å². The summed E-state index contributed by atoms with van der Waals surface area (Å²) in [6.45, 7) is 0. The third kappa shape index (κ3) is 3.97. The third-order valence-electron chi connectivity index (χ3n) is 2.60. The number of nitrogens with zero attached hydrogens (tertiary/aromatic N) is 1. The zero-order valence-electron chi connectivity index (χ0n) is 10.8. The molecule has 0 aliphatic carbocycles. The number of benzene rings is 1. The van der Waals surface area contributed by atoms with Gasteiger partial charge >= 0.3 is 5.97 Å². The molecule has 2 aromatic rings. The van der Waals surface area contributed by atoms with Gasteiger partial charge in [-0.3, -0.25) is 9.78 Å². The Hall–Kier alpha value is -3.02. The van der Waals surface area contributed by atoms with Gasteiger partial charge in [-0.1, -0.05) is 0 Å². The lowest BCUT2D eigenvalue weighted by atomic mass is 10.2. The van der Waals surface area contributed by atoms with Gasteiger partial charge < -0.3 is 10.4 Å². The summed E-state index contributed by atoms with van der Waals surface area (Å²) in [6.07, 6.45) is 5.92. The SMILES string of the molecule is O=C(/C=C/c1ccncc1)Nc1cc(C(=O)O)ccc1F. The predicted molar refractivity (Wildman–Crippen MR) is 75.3 cm³/mol. The Balaban J connectivity index is 2.11. The molecule has 0 aliphatic rings. The zero-order chi connectivity index (χ0) is 15.2. The van der Waals surface area contributed by atoms with E-state index in [2.05, 4.69) is 10.3 Å². The van der Waals surface area contributed by atoms with Crippen LogP contribution in [-0.2, 0) is 4.79 Å². The second-order valence-electron chi connectivity index (χ2n) is 4.10. The van der Waals surface area contributed by atoms with E-state index in [0.717, 1.165) is 23.8 Å². The summed E-state index contributed by atoms with van der Waals surface area (Å²) >= 11 is 0. The molecule has 2 rings (SSSR count). The van der Waals surface area contributed by atoms with Crippen molar-refractivity contribution in [3.05, 3.63) is 65.7 Å². The van der Waals surface area contributed by atoms with Gasteiger partial charge in [-0.2, -0.15) is 0 Å². The van der Waals surface area contributed by atoms with Crippen molar-refractivity contribution in [1.82, 2.24) is 4.98 Å². The lowest BCUT2D eigenvalue weighted by molar-refractivity contribution is -0.111. The van der Waals surface area contributed by atoms with E-state index in [4.69, 9.17) is 5.11 Å². The van der Waals surface area contributed by atoms with Gasteiger partial charge in [-0.15, -0.1) is 0 Å². The van der Waals surface area contributed by atoms with E-state index in [0.29, 0.717) is 0 Å². The maximum absolute atomic E-state index is 13.5. The molecule has 1 aromatic heterocycles. The van der Waals surface area contributed by atoms with Gasteiger partial charge in [0.25, 0.3) is 0 Å². The summed E-state index contributed by atoms with van der Waals surface area (Å²) in [5, 5.41) is 11.1. The van der Waals surface area contributed by atoms with E-state index in [9.17, 15) is 14.0 Å². The average molecular weight is 286 g/mol. The third-order valence-corrected chi connectivity index (χ3v) is 2.60. The molecule has 0 radical (unpaired) electrons. The van der Waals surface area contributed by atoms with Crippen LogP contribution in [-0.4, -0.2) is 22.0 Å². The molecule has 1 aromatic carbocycles. The van der Waals surface area contributed by atoms with E-state index < -0.39 is 17.7 Å². The molecule has 0 saturated heterocycles. The quantitative estimate of drug-likeness (QED) is 0.847. The number of anilines is 1. The van der Waals surface area contributed by atoms with Crippen molar-refractivity contribution < 1.29 is 19.1 Å². The van der Waals surface area contributed by atoms with Crippen molar-refractivity contribution in [3.8, 4) is 0 Å². The average Bonchev–Trinajstić information content (AvgIpc) is 2.48. The van der Waals surface area contributed by atoms with Crippen LogP contribution in [0.25, 0.3) is 6.08 Å². The van der Waals surface area contributed by atoms with Crippen LogP contribution < -0.4 is 5.32 Å². The number of carboxylic acids is 1. The number of aromatic nitrogens is 1. The summed E-state index contributed by atoms with van der Waals surface area (Å²) in [4.78, 5) is 26.3. The number of carbonyl (C=O) groups is 2. The highest BCUT2D eigenvalue weighted by molar-refractivity contribution is 6.02. The molecule has 0 atom stereocenters. The monoisotopic (exact) mass is 286 g/mol. The summed E-state index contributed by atoms with van der Waals surface area (Å²) in [5.74, 6) is -2.46. The Kier molecular flexibility index (Phi) is 4.40. The van der Waals surface area contributed by atoms with Crippen molar-refractivity contribution in [3.63, 3.8) is 0 Å². The normalized spacial score (nSPS) is 10.5. The van der Waals surface area contributed by atoms with Gasteiger partial charge in [-0.05, 0) is 42.0 Å². The van der Waals surface area contributed by atoms with Crippen molar-refractivity contribution in [2.75, 3.05) is 5.32 Å². The van der Waals surface area contributed by atoms with Crippen LogP contribution in [0.15, 0.2) is 48.8 Å². The molecule has 1 amide bonds. The first kappa shape index (κ1) is 14.4. The van der Waals surface area contributed by atoms with Crippen molar-refractivity contribution in [2.45, 2.75) is 0 Å². The van der Waals surface area contributed by atoms with Gasteiger partial charge in [0.05, 0.1) is 11.3 Å². The number of amides is 1. The summed E-state index contributed by atoms with van der Waals surface area (Å²) in [6, 6.07) is 6.59. The number of aromatic carboxylic acids is 1. The molecule has 0 spiro atoms. The Bertz CT molecular complexity index is 699. The molecular weight excluding hydrogens is 275 g/mol. The van der Waals surface area contributed by atoms with Crippen LogP contribution in [0.1, 0.15) is 15.9 Å². The van der Waals surface area contributed by atoms with E-state index >= 15 is 0 Å². The summed E-state index contributed by atoms with van der Waals surface area (Å²) < 4.78 is 13.5. The first-order chi connectivity index (χ1) is 10.1. The van der Waals surface area contributed by atoms with Gasteiger partial charge in [0.15, 0.2) is 0 Å². The Morgan fingerprint density at radius 1 is 1.19 bits per heavy atom. The molecule has 5 nitrogen and oxygen atoms in total. The number of hydrogen-bond acceptors (Lipinski definition) is 3. The zero-order valence-corrected chi connectivity index (χ0v) is 10.8. The highest BCUT2D eigenvalue weighted by Crippen LogP contribution is 2.16. The maximum atomic E-state index is 13.5. The second-order valence-corrected chi connectivity index (χ2v) is 4.10. The molecule has 0 saturated carbocycles. The van der Waals surface area contributed by atoms with Crippen LogP contribution in [0.3, 0.4) is 0 Å². The molecule has 0 unspecified atom stereocenters. The predicted octanol–water partition coefficient (Wildman–Crippen LogP) is 2.57. The minimum Gasteiger partial charge on any atom is -0.478 e. The van der Waals surface area contributed by atoms with E-state index in [-0.39, 0.29) is 11.3 Å². The highest BCUT2D eigenvalue weighted by atomic mass is 19.1. The summed E-state index contributed by atoms with van der Waals surface area (Å²) in [5.41, 5.74) is 0.476. The molecule has 106 valence electrons. The van der Waals surface area contributed by atoms with Crippen molar-refractivity contribution in [2.24, 2.45) is 0 Å². The smallest absolute Gasteiger partial charge is 0.335 e. The molecular formula is C15H11FN2O3. The Labute approximate surface area is 119 Å². The Morgan fingerprint density at radius 2 is 1.90 bits per heavy atom. The van der Waals surface area contributed by atoms with E-state index in [1.807, 2.05) is 0 Å². The van der Waals surface area contributed by atoms with Crippen LogP contribution in [0, 0.1) is 5.82 Å². The maximum Gasteiger partial charge on any atom is 0.335 e. The fraction of sp³-hybridized carbons (Fsp3) is 0. The van der Waals surface area contributed by atoms with Crippen LogP contribution in [0.2, 0.25) is 0 Å². The van der Waals surface area contributed by atoms with Gasteiger partial charge in [0.1, 0.15) is 5.82 Å². The minimum absolute atomic E-state index is 0.107. The lowest BCUT2D eigenvalue weighted by Gasteiger charge is -2.05. The number of pyridine rings is 1. The number of hydrogen-bond donors (Lipinski definition) is 2. The van der Waals surface area contributed by atoms with Crippen LogP contribution in [0.5, 0.6) is 0 Å². The minimum atomic E-state index is -1.20. The molecule has 6 heteroatoms. The standard InChI is InChI=1S/C15H11FN2O3/c16-12-3-2-11(15(20)21)9-13(12)18-14(19)4-1-10-5-7-17-8-6-10/h1-9H,(H,18,19)(H,20,21)/b4-1+. The number of carboxylic acid groups (broad SMARTS) is 1. The first-order valence-electron chi connectivity index (χ1n) is 5.98. The van der Waals surface area contributed by atoms with E-state index in [1.54, 1.807) is 24.5 Å². The van der Waals surface area contributed by atoms with Gasteiger partial charge in [-0.25, -0.2) is 9.18 Å². The first-order valence-corrected chi connectivity index (χ1v) is 5.98. The molecule has 0 bridgehead atoms. The topological polar surface area (TPSA) is 79.3 Å². The molecule has 0 aliphatic heterocycles. The van der Waals surface area contributed by atoms with Crippen molar-refractivity contribution in [1.29, 1.82) is 0 Å². The fourth-order valence-corrected chi connectivity index (χ4v) is 1.57. The van der Waals surface area contributed by atoms with Gasteiger partial charge in [0.2, 0.25) is 5.91 Å². The molecule has 1 heterocycles. The fourth-order valence-electron chi connectivity index (χ4n) is 1.57. The molecule has 0 fully saturated rings. The largest absolute Gasteiger partial charge is 0.478 e. The number of rotatable bonds is 4. The van der Waals surface area contributed by atoms with Crippen LogP contribution in [0.4, 0.5) is 10.1 Å². The lowest BCUT2D eigenvalue weighted by Crippen LogP contribution is -2.10. The molecule has 2 N–H and O–H groups in total. The number of nitrogens with one attached hydrogen (secondary N) is 1. The second kappa shape index (κ2) is 6.42.